The minimum Gasteiger partial charge on any atom is -0.456 e. The minimum atomic E-state index is -0.413. The van der Waals surface area contributed by atoms with E-state index in [0.717, 1.165) is 5.56 Å². The number of halogens is 1. The number of nitrogens with one attached hydrogen (secondary N) is 1. The monoisotopic (exact) mass is 359 g/mol. The lowest BCUT2D eigenvalue weighted by atomic mass is 10.1. The quantitative estimate of drug-likeness (QED) is 0.569. The summed E-state index contributed by atoms with van der Waals surface area (Å²) in [5, 5.41) is 3.07. The van der Waals surface area contributed by atoms with Gasteiger partial charge in [-0.3, -0.25) is 9.59 Å². The summed E-state index contributed by atoms with van der Waals surface area (Å²) in [5.41, 5.74) is 1.82. The Balaban J connectivity index is 1.66. The highest BCUT2D eigenvalue weighted by Gasteiger charge is 2.10. The Kier molecular flexibility index (Phi) is 4.26. The van der Waals surface area contributed by atoms with Gasteiger partial charge >= 0.3 is 0 Å². The van der Waals surface area contributed by atoms with Crippen LogP contribution in [0.4, 0.5) is 10.1 Å². The van der Waals surface area contributed by atoms with Crippen LogP contribution in [0.5, 0.6) is 0 Å². The first kappa shape index (κ1) is 16.7. The second kappa shape index (κ2) is 6.88. The third-order valence-electron chi connectivity index (χ3n) is 4.15. The van der Waals surface area contributed by atoms with E-state index in [1.54, 1.807) is 18.2 Å². The average molecular weight is 359 g/mol. The van der Waals surface area contributed by atoms with Crippen LogP contribution >= 0.6 is 0 Å². The number of benzene rings is 3. The van der Waals surface area contributed by atoms with Gasteiger partial charge in [0.2, 0.25) is 0 Å². The number of hydrogen-bond acceptors (Lipinski definition) is 3. The van der Waals surface area contributed by atoms with Crippen molar-refractivity contribution in [1.82, 2.24) is 0 Å². The molecule has 132 valence electrons. The van der Waals surface area contributed by atoms with E-state index in [-0.39, 0.29) is 11.3 Å². The fraction of sp³-hybridized carbons (Fsp3) is 0. The maximum Gasteiger partial charge on any atom is 0.255 e. The molecule has 4 rings (SSSR count). The largest absolute Gasteiger partial charge is 0.456 e. The van der Waals surface area contributed by atoms with Crippen molar-refractivity contribution in [3.63, 3.8) is 0 Å². The first-order chi connectivity index (χ1) is 13.1. The van der Waals surface area contributed by atoms with E-state index in [0.29, 0.717) is 28.0 Å². The molecule has 0 fully saturated rings. The van der Waals surface area contributed by atoms with Crippen molar-refractivity contribution >= 4 is 22.6 Å². The number of hydrogen-bond donors (Lipinski definition) is 1. The van der Waals surface area contributed by atoms with Crippen molar-refractivity contribution in [3.8, 4) is 11.3 Å². The van der Waals surface area contributed by atoms with Gasteiger partial charge in [-0.2, -0.15) is 0 Å². The summed E-state index contributed by atoms with van der Waals surface area (Å²) in [6.45, 7) is 0. The molecule has 0 atom stereocenters. The molecule has 27 heavy (non-hydrogen) atoms. The highest BCUT2D eigenvalue weighted by Crippen LogP contribution is 2.24. The van der Waals surface area contributed by atoms with E-state index in [1.165, 1.54) is 30.3 Å². The normalized spacial score (nSPS) is 10.7. The van der Waals surface area contributed by atoms with Crippen LogP contribution in [0.2, 0.25) is 0 Å². The predicted molar refractivity (Wildman–Crippen MR) is 102 cm³/mol. The maximum atomic E-state index is 13.0. The smallest absolute Gasteiger partial charge is 0.255 e. The summed E-state index contributed by atoms with van der Waals surface area (Å²) in [6, 6.07) is 20.9. The van der Waals surface area contributed by atoms with Gasteiger partial charge in [-0.15, -0.1) is 0 Å². The fourth-order valence-corrected chi connectivity index (χ4v) is 2.78. The molecule has 0 aliphatic rings. The Morgan fingerprint density at radius 3 is 2.37 bits per heavy atom. The Morgan fingerprint density at radius 1 is 0.889 bits per heavy atom. The van der Waals surface area contributed by atoms with E-state index in [4.69, 9.17) is 4.42 Å². The maximum absolute atomic E-state index is 13.0. The van der Waals surface area contributed by atoms with Gasteiger partial charge in [0.1, 0.15) is 17.2 Å². The SMILES string of the molecule is O=C(Nc1ccc2oc(-c3ccccc3)cc(=O)c2c1)c1ccc(F)cc1. The van der Waals surface area contributed by atoms with Gasteiger partial charge < -0.3 is 9.73 Å². The molecule has 0 spiro atoms. The van der Waals surface area contributed by atoms with Gasteiger partial charge in [0.05, 0.1) is 5.39 Å². The van der Waals surface area contributed by atoms with E-state index in [9.17, 15) is 14.0 Å². The molecule has 0 saturated heterocycles. The van der Waals surface area contributed by atoms with Gasteiger partial charge in [-0.1, -0.05) is 30.3 Å². The number of amides is 1. The van der Waals surface area contributed by atoms with Crippen LogP contribution in [-0.4, -0.2) is 5.91 Å². The highest BCUT2D eigenvalue weighted by molar-refractivity contribution is 6.05. The van der Waals surface area contributed by atoms with Gasteiger partial charge in [0.25, 0.3) is 5.91 Å². The molecule has 4 aromatic rings. The molecule has 0 aliphatic carbocycles. The zero-order valence-corrected chi connectivity index (χ0v) is 14.1. The summed E-state index contributed by atoms with van der Waals surface area (Å²) in [6.07, 6.45) is 0. The topological polar surface area (TPSA) is 59.3 Å². The van der Waals surface area contributed by atoms with Crippen LogP contribution in [0.15, 0.2) is 88.1 Å². The molecule has 0 aliphatic heterocycles. The summed E-state index contributed by atoms with van der Waals surface area (Å²) in [7, 11) is 0. The highest BCUT2D eigenvalue weighted by atomic mass is 19.1. The molecule has 1 aromatic heterocycles. The second-order valence-corrected chi connectivity index (χ2v) is 6.01. The number of anilines is 1. The molecule has 0 bridgehead atoms. The Hall–Kier alpha value is -3.73. The molecule has 0 saturated carbocycles. The lowest BCUT2D eigenvalue weighted by molar-refractivity contribution is 0.102. The molecular weight excluding hydrogens is 345 g/mol. The Morgan fingerprint density at radius 2 is 1.63 bits per heavy atom. The molecular formula is C22H14FNO3. The number of rotatable bonds is 3. The third kappa shape index (κ3) is 3.48. The van der Waals surface area contributed by atoms with E-state index in [1.807, 2.05) is 30.3 Å². The molecule has 0 unspecified atom stereocenters. The average Bonchev–Trinajstić information content (AvgIpc) is 2.69. The van der Waals surface area contributed by atoms with Gasteiger partial charge in [0.15, 0.2) is 5.43 Å². The number of carbonyl (C=O) groups excluding carboxylic acids is 1. The summed E-state index contributed by atoms with van der Waals surface area (Å²) >= 11 is 0. The first-order valence-electron chi connectivity index (χ1n) is 8.30. The van der Waals surface area contributed by atoms with Crippen molar-refractivity contribution in [1.29, 1.82) is 0 Å². The fourth-order valence-electron chi connectivity index (χ4n) is 2.78. The van der Waals surface area contributed by atoms with Crippen LogP contribution < -0.4 is 10.7 Å². The summed E-state index contributed by atoms with van der Waals surface area (Å²) < 4.78 is 18.8. The number of fused-ring (bicyclic) bond motifs is 1. The van der Waals surface area contributed by atoms with E-state index in [2.05, 4.69) is 5.32 Å². The van der Waals surface area contributed by atoms with Crippen molar-refractivity contribution in [2.24, 2.45) is 0 Å². The van der Waals surface area contributed by atoms with Gasteiger partial charge in [-0.25, -0.2) is 4.39 Å². The lowest BCUT2D eigenvalue weighted by Crippen LogP contribution is -2.12. The molecule has 0 radical (unpaired) electrons. The van der Waals surface area contributed by atoms with Gasteiger partial charge in [-0.05, 0) is 42.5 Å². The minimum absolute atomic E-state index is 0.201. The van der Waals surface area contributed by atoms with Crippen LogP contribution in [0, 0.1) is 5.82 Å². The number of carbonyl (C=O) groups is 1. The Bertz CT molecular complexity index is 1180. The van der Waals surface area contributed by atoms with E-state index >= 15 is 0 Å². The summed E-state index contributed by atoms with van der Waals surface area (Å²) in [4.78, 5) is 24.8. The Labute approximate surface area is 153 Å². The molecule has 3 aromatic carbocycles. The van der Waals surface area contributed by atoms with E-state index < -0.39 is 5.82 Å². The zero-order valence-electron chi connectivity index (χ0n) is 14.1. The van der Waals surface area contributed by atoms with Gasteiger partial charge in [0, 0.05) is 22.9 Å². The molecule has 5 heteroatoms. The molecule has 1 amide bonds. The molecule has 1 heterocycles. The lowest BCUT2D eigenvalue weighted by Gasteiger charge is -2.07. The third-order valence-corrected chi connectivity index (χ3v) is 4.15. The van der Waals surface area contributed by atoms with Crippen molar-refractivity contribution in [2.75, 3.05) is 5.32 Å². The second-order valence-electron chi connectivity index (χ2n) is 6.01. The predicted octanol–water partition coefficient (Wildman–Crippen LogP) is 4.85. The van der Waals surface area contributed by atoms with Crippen LogP contribution in [-0.2, 0) is 0 Å². The molecule has 1 N–H and O–H groups in total. The van der Waals surface area contributed by atoms with Crippen LogP contribution in [0.25, 0.3) is 22.3 Å². The van der Waals surface area contributed by atoms with Crippen molar-refractivity contribution in [2.45, 2.75) is 0 Å². The zero-order chi connectivity index (χ0) is 18.8. The molecule has 4 nitrogen and oxygen atoms in total. The van der Waals surface area contributed by atoms with Crippen molar-refractivity contribution in [3.05, 3.63) is 100 Å². The van der Waals surface area contributed by atoms with Crippen molar-refractivity contribution < 1.29 is 13.6 Å². The first-order valence-corrected chi connectivity index (χ1v) is 8.30. The standard InChI is InChI=1S/C22H14FNO3/c23-16-8-6-15(7-9-16)22(26)24-17-10-11-20-18(12-17)19(25)13-21(27-20)14-4-2-1-3-5-14/h1-13H,(H,24,26). The van der Waals surface area contributed by atoms with Crippen LogP contribution in [0.3, 0.4) is 0 Å². The van der Waals surface area contributed by atoms with Crippen LogP contribution in [0.1, 0.15) is 10.4 Å². The summed E-state index contributed by atoms with van der Waals surface area (Å²) in [5.74, 6) is -0.320.